The number of allylic oxidation sites excluding steroid dienone is 5. The van der Waals surface area contributed by atoms with Gasteiger partial charge in [0.25, 0.3) is 0 Å². The van der Waals surface area contributed by atoms with Crippen LogP contribution in [0.15, 0.2) is 96.3 Å². The Kier molecular flexibility index (Phi) is 14.1. The summed E-state index contributed by atoms with van der Waals surface area (Å²) >= 11 is 1.38. The van der Waals surface area contributed by atoms with Crippen LogP contribution in [0.1, 0.15) is 84.6 Å². The van der Waals surface area contributed by atoms with Gasteiger partial charge < -0.3 is 10.4 Å². The SMILES string of the molecule is C=C(C)C=C(C=NC(=C)C(=C)CCCC(CCC)(CC(C)(F)F)C(=O)O)c1cc(-c2ccccn2)c2sc(NC(=O)CC=CCC)nc2c1. The van der Waals surface area contributed by atoms with E-state index in [9.17, 15) is 23.5 Å². The van der Waals surface area contributed by atoms with E-state index in [-0.39, 0.29) is 25.2 Å². The van der Waals surface area contributed by atoms with Crippen molar-refractivity contribution in [2.24, 2.45) is 10.4 Å². The van der Waals surface area contributed by atoms with Gasteiger partial charge in [0.05, 0.1) is 27.0 Å². The van der Waals surface area contributed by atoms with E-state index < -0.39 is 23.7 Å². The molecule has 7 nitrogen and oxygen atoms in total. The fourth-order valence-electron chi connectivity index (χ4n) is 5.64. The number of aliphatic imine (C=N–C) groups is 1. The molecule has 1 unspecified atom stereocenters. The van der Waals surface area contributed by atoms with E-state index in [4.69, 9.17) is 4.98 Å². The number of hydrogen-bond donors (Lipinski definition) is 2. The van der Waals surface area contributed by atoms with Crippen molar-refractivity contribution in [2.75, 3.05) is 5.32 Å². The normalized spacial score (nSPS) is 13.6. The Morgan fingerprint density at radius 1 is 1.12 bits per heavy atom. The average Bonchev–Trinajstić information content (AvgIpc) is 3.44. The maximum atomic E-state index is 14.0. The first-order valence-electron chi connectivity index (χ1n) is 16.4. The van der Waals surface area contributed by atoms with E-state index in [1.165, 1.54) is 11.3 Å². The highest BCUT2D eigenvalue weighted by atomic mass is 32.1. The van der Waals surface area contributed by atoms with E-state index in [0.717, 1.165) is 46.0 Å². The number of thiazole rings is 1. The van der Waals surface area contributed by atoms with Gasteiger partial charge in [-0.2, -0.15) is 0 Å². The summed E-state index contributed by atoms with van der Waals surface area (Å²) in [4.78, 5) is 38.6. The zero-order chi connectivity index (χ0) is 36.2. The number of aromatic nitrogens is 2. The van der Waals surface area contributed by atoms with Crippen LogP contribution in [-0.4, -0.2) is 39.1 Å². The second kappa shape index (κ2) is 17.7. The summed E-state index contributed by atoms with van der Waals surface area (Å²) in [6.07, 6.45) is 10.9. The number of hydrogen-bond acceptors (Lipinski definition) is 6. The first-order valence-corrected chi connectivity index (χ1v) is 17.2. The molecule has 0 aliphatic heterocycles. The molecule has 1 amide bonds. The van der Waals surface area contributed by atoms with Crippen LogP contribution in [0.2, 0.25) is 0 Å². The van der Waals surface area contributed by atoms with Crippen LogP contribution in [0.3, 0.4) is 0 Å². The number of nitrogens with one attached hydrogen (secondary N) is 1. The van der Waals surface area contributed by atoms with Crippen LogP contribution in [0.4, 0.5) is 13.9 Å². The molecule has 0 fully saturated rings. The van der Waals surface area contributed by atoms with Gasteiger partial charge in [-0.05, 0) is 81.4 Å². The van der Waals surface area contributed by atoms with E-state index >= 15 is 0 Å². The van der Waals surface area contributed by atoms with Crippen molar-refractivity contribution in [1.82, 2.24) is 9.97 Å². The molecule has 0 aliphatic carbocycles. The fraction of sp³-hybridized carbons (Fsp3) is 0.359. The molecule has 10 heteroatoms. The predicted molar refractivity (Wildman–Crippen MR) is 199 cm³/mol. The number of aliphatic carboxylic acids is 1. The Bertz CT molecular complexity index is 1770. The Balaban J connectivity index is 1.90. The molecule has 0 aliphatic rings. The predicted octanol–water partition coefficient (Wildman–Crippen LogP) is 10.8. The lowest BCUT2D eigenvalue weighted by atomic mass is 9.74. The number of benzene rings is 1. The molecule has 1 atom stereocenters. The Labute approximate surface area is 292 Å². The van der Waals surface area contributed by atoms with Crippen LogP contribution in [0.5, 0.6) is 0 Å². The first kappa shape index (κ1) is 38.9. The zero-order valence-electron chi connectivity index (χ0n) is 28.8. The van der Waals surface area contributed by atoms with Gasteiger partial charge in [0, 0.05) is 36.4 Å². The topological polar surface area (TPSA) is 105 Å². The molecule has 0 radical (unpaired) electrons. The summed E-state index contributed by atoms with van der Waals surface area (Å²) in [5, 5.41) is 13.3. The monoisotopic (exact) mass is 688 g/mol. The average molecular weight is 689 g/mol. The molecular formula is C39H46F2N4O3S. The Morgan fingerprint density at radius 2 is 1.88 bits per heavy atom. The third kappa shape index (κ3) is 11.5. The van der Waals surface area contributed by atoms with Gasteiger partial charge in [0.15, 0.2) is 5.13 Å². The minimum atomic E-state index is -3.09. The standard InChI is InChI=1S/C39H46F2N4O3S/c1-8-10-11-17-34(46)45-37-44-33-23-29(22-31(35(33)49-37)32-16-12-13-20-42-32)30(21-26(3)4)24-43-28(6)27(5)15-14-19-39(18-9-2,36(47)48)25-38(7,40)41/h10-13,16,20-24H,3,5-6,8-9,14-15,17-19,25H2,1-2,4,7H3,(H,47,48)(H,44,45,46). The fourth-order valence-corrected chi connectivity index (χ4v) is 6.63. The summed E-state index contributed by atoms with van der Waals surface area (Å²) in [5.74, 6) is -4.45. The maximum Gasteiger partial charge on any atom is 0.309 e. The van der Waals surface area contributed by atoms with Crippen molar-refractivity contribution in [3.63, 3.8) is 0 Å². The van der Waals surface area contributed by atoms with Gasteiger partial charge in [-0.25, -0.2) is 13.8 Å². The van der Waals surface area contributed by atoms with E-state index in [2.05, 4.69) is 35.0 Å². The van der Waals surface area contributed by atoms with Gasteiger partial charge in [0.2, 0.25) is 11.8 Å². The lowest BCUT2D eigenvalue weighted by Crippen LogP contribution is -2.36. The number of carboxylic acids is 1. The van der Waals surface area contributed by atoms with Crippen molar-refractivity contribution in [3.8, 4) is 11.3 Å². The van der Waals surface area contributed by atoms with Crippen molar-refractivity contribution >= 4 is 50.3 Å². The number of carbonyl (C=O) groups excluding carboxylic acids is 1. The Hall–Kier alpha value is -4.57. The molecule has 3 aromatic rings. The number of fused-ring (bicyclic) bond motifs is 1. The van der Waals surface area contributed by atoms with Crippen molar-refractivity contribution < 1.29 is 23.5 Å². The number of carbonyl (C=O) groups is 2. The lowest BCUT2D eigenvalue weighted by Gasteiger charge is -2.31. The lowest BCUT2D eigenvalue weighted by molar-refractivity contribution is -0.156. The minimum Gasteiger partial charge on any atom is -0.481 e. The molecule has 3 rings (SSSR count). The van der Waals surface area contributed by atoms with Crippen LogP contribution in [0, 0.1) is 5.41 Å². The molecule has 0 saturated heterocycles. The molecular weight excluding hydrogens is 643 g/mol. The Morgan fingerprint density at radius 3 is 2.49 bits per heavy atom. The van der Waals surface area contributed by atoms with Gasteiger partial charge in [-0.15, -0.1) is 0 Å². The number of carboxylic acid groups (broad SMARTS) is 1. The van der Waals surface area contributed by atoms with Crippen LogP contribution >= 0.6 is 11.3 Å². The smallest absolute Gasteiger partial charge is 0.309 e. The summed E-state index contributed by atoms with van der Waals surface area (Å²) in [7, 11) is 0. The molecule has 49 heavy (non-hydrogen) atoms. The number of pyridine rings is 1. The molecule has 0 bridgehead atoms. The quantitative estimate of drug-likeness (QED) is 0.0741. The van der Waals surface area contributed by atoms with Crippen molar-refractivity contribution in [2.45, 2.75) is 85.0 Å². The van der Waals surface area contributed by atoms with E-state index in [1.54, 1.807) is 19.3 Å². The van der Waals surface area contributed by atoms with Crippen LogP contribution in [-0.2, 0) is 9.59 Å². The molecule has 2 aromatic heterocycles. The molecule has 1 aromatic carbocycles. The summed E-state index contributed by atoms with van der Waals surface area (Å²) in [6.45, 7) is 18.7. The zero-order valence-corrected chi connectivity index (χ0v) is 29.6. The van der Waals surface area contributed by atoms with E-state index in [1.807, 2.05) is 62.4 Å². The van der Waals surface area contributed by atoms with Gasteiger partial charge >= 0.3 is 5.97 Å². The maximum absolute atomic E-state index is 14.0. The first-order chi connectivity index (χ1) is 23.2. The number of rotatable bonds is 19. The molecule has 2 heterocycles. The van der Waals surface area contributed by atoms with Crippen LogP contribution < -0.4 is 5.32 Å². The molecule has 260 valence electrons. The summed E-state index contributed by atoms with van der Waals surface area (Å²) < 4.78 is 28.8. The minimum absolute atomic E-state index is 0.0955. The highest BCUT2D eigenvalue weighted by molar-refractivity contribution is 7.22. The van der Waals surface area contributed by atoms with Gasteiger partial charge in [-0.3, -0.25) is 19.6 Å². The number of anilines is 1. The highest BCUT2D eigenvalue weighted by Crippen LogP contribution is 2.41. The van der Waals surface area contributed by atoms with Gasteiger partial charge in [-0.1, -0.05) is 81.2 Å². The van der Waals surface area contributed by atoms with Crippen LogP contribution in [0.25, 0.3) is 27.0 Å². The molecule has 0 spiro atoms. The highest BCUT2D eigenvalue weighted by Gasteiger charge is 2.44. The summed E-state index contributed by atoms with van der Waals surface area (Å²) in [5.41, 5.74) is 4.03. The molecule has 0 saturated carbocycles. The summed E-state index contributed by atoms with van der Waals surface area (Å²) in [6, 6.07) is 9.58. The second-order valence-corrected chi connectivity index (χ2v) is 13.4. The third-order valence-electron chi connectivity index (χ3n) is 7.85. The number of amides is 1. The molecule has 2 N–H and O–H groups in total. The van der Waals surface area contributed by atoms with Crippen molar-refractivity contribution in [1.29, 1.82) is 0 Å². The van der Waals surface area contributed by atoms with Gasteiger partial charge in [0.1, 0.15) is 0 Å². The largest absolute Gasteiger partial charge is 0.481 e. The number of nitrogens with zero attached hydrogens (tertiary/aromatic N) is 3. The van der Waals surface area contributed by atoms with Crippen molar-refractivity contribution in [3.05, 3.63) is 96.9 Å². The number of halogens is 2. The third-order valence-corrected chi connectivity index (χ3v) is 8.87. The second-order valence-electron chi connectivity index (χ2n) is 12.4. The number of alkyl halides is 2. The van der Waals surface area contributed by atoms with E-state index in [0.29, 0.717) is 41.2 Å².